The molecular weight excluding hydrogens is 484 g/mol. The van der Waals surface area contributed by atoms with Gasteiger partial charge in [0.25, 0.3) is 0 Å². The summed E-state index contributed by atoms with van der Waals surface area (Å²) in [6, 6.07) is 19.4. The lowest BCUT2D eigenvalue weighted by Gasteiger charge is -2.30. The van der Waals surface area contributed by atoms with Crippen LogP contribution in [0.5, 0.6) is 0 Å². The third-order valence-electron chi connectivity index (χ3n) is 7.36. The van der Waals surface area contributed by atoms with Crippen molar-refractivity contribution in [3.63, 3.8) is 0 Å². The highest BCUT2D eigenvalue weighted by molar-refractivity contribution is 5.79. The van der Waals surface area contributed by atoms with Gasteiger partial charge in [-0.15, -0.1) is 5.10 Å². The summed E-state index contributed by atoms with van der Waals surface area (Å²) in [5.41, 5.74) is 7.73. The summed E-state index contributed by atoms with van der Waals surface area (Å²) in [4.78, 5) is 13.0. The topological polar surface area (TPSA) is 96.4 Å². The van der Waals surface area contributed by atoms with Crippen molar-refractivity contribution in [1.29, 1.82) is 5.26 Å². The summed E-state index contributed by atoms with van der Waals surface area (Å²) < 4.78 is 1.75. The molecule has 0 aliphatic carbocycles. The van der Waals surface area contributed by atoms with E-state index >= 15 is 0 Å². The maximum Gasteiger partial charge on any atom is 0.151 e. The van der Waals surface area contributed by atoms with E-state index in [1.807, 2.05) is 0 Å². The summed E-state index contributed by atoms with van der Waals surface area (Å²) in [6.07, 6.45) is 7.76. The molecule has 0 atom stereocenters. The summed E-state index contributed by atoms with van der Waals surface area (Å²) in [5, 5.41) is 20.7. The Balaban J connectivity index is 1.27. The molecule has 0 N–H and O–H groups in total. The zero-order chi connectivity index (χ0) is 27.0. The van der Waals surface area contributed by atoms with Crippen molar-refractivity contribution in [1.82, 2.24) is 30.2 Å². The van der Waals surface area contributed by atoms with Crippen LogP contribution in [0.4, 0.5) is 5.82 Å². The van der Waals surface area contributed by atoms with Crippen LogP contribution in [0, 0.1) is 25.2 Å². The molecule has 0 unspecified atom stereocenters. The van der Waals surface area contributed by atoms with Crippen LogP contribution in [-0.2, 0) is 19.4 Å². The van der Waals surface area contributed by atoms with Crippen LogP contribution in [0.2, 0.25) is 0 Å². The van der Waals surface area contributed by atoms with E-state index < -0.39 is 0 Å². The number of aryl methyl sites for hydroxylation is 5. The van der Waals surface area contributed by atoms with Gasteiger partial charge in [-0.2, -0.15) is 5.26 Å². The number of unbranched alkanes of at least 4 members (excludes halogenated alkanes) is 3. The molecule has 0 spiro atoms. The lowest BCUT2D eigenvalue weighted by atomic mass is 10.0. The van der Waals surface area contributed by atoms with Crippen LogP contribution in [0.25, 0.3) is 22.5 Å². The number of anilines is 1. The fraction of sp³-hybridized carbons (Fsp3) is 0.419. The van der Waals surface area contributed by atoms with Gasteiger partial charge in [0.05, 0.1) is 36.1 Å². The van der Waals surface area contributed by atoms with Gasteiger partial charge in [0, 0.05) is 30.6 Å². The average molecular weight is 521 g/mol. The molecule has 0 saturated heterocycles. The first kappa shape index (κ1) is 26.5. The molecule has 200 valence electrons. The Morgan fingerprint density at radius 2 is 1.49 bits per heavy atom. The van der Waals surface area contributed by atoms with Gasteiger partial charge in [0.2, 0.25) is 0 Å². The standard InChI is InChI=1S/C31H36N8/c1-23-11-15-25(16-12-23)29-30(26-17-13-24(2)14-18-26)34-31-27(33-29)9-7-21-38(31)20-6-4-3-5-10-28-35-36-37-39(28)22-8-19-32/h11-18H,3-10,20-22H2,1-2H3. The van der Waals surface area contributed by atoms with Crippen LogP contribution >= 0.6 is 0 Å². The van der Waals surface area contributed by atoms with Crippen LogP contribution in [-0.4, -0.2) is 43.3 Å². The SMILES string of the molecule is Cc1ccc(-c2nc3c(nc2-c2ccc(C)cc2)N(CCCCCCc2nnnn2CCC#N)CCC3)cc1. The largest absolute Gasteiger partial charge is 0.355 e. The zero-order valence-electron chi connectivity index (χ0n) is 23.0. The van der Waals surface area contributed by atoms with Crippen molar-refractivity contribution in [3.8, 4) is 28.6 Å². The number of aromatic nitrogens is 6. The van der Waals surface area contributed by atoms with Crippen LogP contribution in [0.3, 0.4) is 0 Å². The third-order valence-corrected chi connectivity index (χ3v) is 7.36. The number of nitrogens with zero attached hydrogens (tertiary/aromatic N) is 8. The molecule has 2 aromatic carbocycles. The predicted molar refractivity (Wildman–Crippen MR) is 153 cm³/mol. The minimum Gasteiger partial charge on any atom is -0.355 e. The molecule has 2 aromatic heterocycles. The lowest BCUT2D eigenvalue weighted by Crippen LogP contribution is -2.32. The second kappa shape index (κ2) is 12.6. The molecule has 39 heavy (non-hydrogen) atoms. The number of rotatable bonds is 11. The third kappa shape index (κ3) is 6.48. The molecule has 0 radical (unpaired) electrons. The highest BCUT2D eigenvalue weighted by Crippen LogP contribution is 2.35. The Morgan fingerprint density at radius 3 is 2.18 bits per heavy atom. The van der Waals surface area contributed by atoms with Crippen molar-refractivity contribution in [2.75, 3.05) is 18.0 Å². The molecule has 0 saturated carbocycles. The van der Waals surface area contributed by atoms with E-state index in [2.05, 4.69) is 88.9 Å². The second-order valence-corrected chi connectivity index (χ2v) is 10.4. The Labute approximate surface area is 230 Å². The van der Waals surface area contributed by atoms with Gasteiger partial charge in [0.15, 0.2) is 11.6 Å². The highest BCUT2D eigenvalue weighted by atomic mass is 15.5. The van der Waals surface area contributed by atoms with Gasteiger partial charge in [-0.3, -0.25) is 0 Å². The van der Waals surface area contributed by atoms with Gasteiger partial charge in [-0.05, 0) is 50.0 Å². The Morgan fingerprint density at radius 1 is 0.821 bits per heavy atom. The van der Waals surface area contributed by atoms with Crippen molar-refractivity contribution < 1.29 is 0 Å². The summed E-state index contributed by atoms with van der Waals surface area (Å²) in [5.74, 6) is 1.92. The molecule has 8 heteroatoms. The fourth-order valence-corrected chi connectivity index (χ4v) is 5.14. The van der Waals surface area contributed by atoms with Gasteiger partial charge >= 0.3 is 0 Å². The molecule has 3 heterocycles. The zero-order valence-corrected chi connectivity index (χ0v) is 23.0. The van der Waals surface area contributed by atoms with Crippen molar-refractivity contribution in [2.24, 2.45) is 0 Å². The van der Waals surface area contributed by atoms with E-state index in [1.165, 1.54) is 11.1 Å². The Hall–Kier alpha value is -4.12. The Kier molecular flexibility index (Phi) is 8.57. The number of tetrazole rings is 1. The minimum atomic E-state index is 0.427. The fourth-order valence-electron chi connectivity index (χ4n) is 5.14. The molecule has 4 aromatic rings. The van der Waals surface area contributed by atoms with E-state index in [4.69, 9.17) is 15.2 Å². The normalized spacial score (nSPS) is 12.8. The quantitative estimate of drug-likeness (QED) is 0.228. The van der Waals surface area contributed by atoms with Gasteiger partial charge < -0.3 is 4.90 Å². The van der Waals surface area contributed by atoms with Crippen molar-refractivity contribution in [2.45, 2.75) is 71.8 Å². The first-order valence-corrected chi connectivity index (χ1v) is 14.0. The number of hydrogen-bond donors (Lipinski definition) is 0. The average Bonchev–Trinajstić information content (AvgIpc) is 3.41. The van der Waals surface area contributed by atoms with Crippen LogP contribution in [0.1, 0.15) is 61.2 Å². The van der Waals surface area contributed by atoms with E-state index in [0.29, 0.717) is 13.0 Å². The highest BCUT2D eigenvalue weighted by Gasteiger charge is 2.23. The van der Waals surface area contributed by atoms with Gasteiger partial charge in [0.1, 0.15) is 0 Å². The number of fused-ring (bicyclic) bond motifs is 1. The first-order valence-electron chi connectivity index (χ1n) is 14.0. The first-order chi connectivity index (χ1) is 19.1. The van der Waals surface area contributed by atoms with E-state index in [9.17, 15) is 0 Å². The molecule has 1 aliphatic rings. The molecule has 0 bridgehead atoms. The molecule has 1 aliphatic heterocycles. The Bertz CT molecular complexity index is 1420. The number of nitriles is 1. The van der Waals surface area contributed by atoms with Gasteiger partial charge in [-0.25, -0.2) is 14.6 Å². The monoisotopic (exact) mass is 520 g/mol. The maximum atomic E-state index is 8.81. The number of benzene rings is 2. The van der Waals surface area contributed by atoms with Crippen LogP contribution < -0.4 is 4.90 Å². The van der Waals surface area contributed by atoms with Crippen molar-refractivity contribution >= 4 is 5.82 Å². The second-order valence-electron chi connectivity index (χ2n) is 10.4. The van der Waals surface area contributed by atoms with E-state index in [0.717, 1.165) is 97.9 Å². The van der Waals surface area contributed by atoms with E-state index in [-0.39, 0.29) is 0 Å². The summed E-state index contributed by atoms with van der Waals surface area (Å²) in [7, 11) is 0. The maximum absolute atomic E-state index is 8.81. The lowest BCUT2D eigenvalue weighted by molar-refractivity contribution is 0.551. The van der Waals surface area contributed by atoms with Gasteiger partial charge in [-0.1, -0.05) is 72.5 Å². The molecule has 5 rings (SSSR count). The summed E-state index contributed by atoms with van der Waals surface area (Å²) in [6.45, 7) is 6.79. The molecule has 0 fully saturated rings. The van der Waals surface area contributed by atoms with E-state index in [1.54, 1.807) is 4.68 Å². The molecule has 0 amide bonds. The predicted octanol–water partition coefficient (Wildman–Crippen LogP) is 5.88. The smallest absolute Gasteiger partial charge is 0.151 e. The molecule has 8 nitrogen and oxygen atoms in total. The van der Waals surface area contributed by atoms with Crippen molar-refractivity contribution in [3.05, 3.63) is 71.2 Å². The minimum absolute atomic E-state index is 0.427. The van der Waals surface area contributed by atoms with Crippen LogP contribution in [0.15, 0.2) is 48.5 Å². The summed E-state index contributed by atoms with van der Waals surface area (Å²) >= 11 is 0. The number of hydrogen-bond acceptors (Lipinski definition) is 7. The molecular formula is C31H36N8.